The molecule has 1 heterocycles. The van der Waals surface area contributed by atoms with Crippen molar-refractivity contribution < 1.29 is 4.42 Å². The molecule has 12 aromatic rings. The van der Waals surface area contributed by atoms with Gasteiger partial charge in [0.1, 0.15) is 11.3 Å². The second-order valence-electron chi connectivity index (χ2n) is 16.1. The lowest BCUT2D eigenvalue weighted by molar-refractivity contribution is 0.632. The van der Waals surface area contributed by atoms with Crippen molar-refractivity contribution in [3.05, 3.63) is 237 Å². The Bertz CT molecular complexity index is 3420. The summed E-state index contributed by atoms with van der Waals surface area (Å²) in [5.74, 6) is 0.867. The molecule has 2 heteroatoms. The Kier molecular flexibility index (Phi) is 8.53. The van der Waals surface area contributed by atoms with Crippen molar-refractivity contribution in [3.63, 3.8) is 0 Å². The SMILES string of the molecule is c1ccc(-c2cc3ccccc3o2)c(-c2ccc(N(c3ccc(-c4cc5ccccc5c5ccccc45)cc3)c3ccc(-c4cc5ccccc5c5ccccc45)cc3)cc2)c1. The van der Waals surface area contributed by atoms with Gasteiger partial charge in [-0.25, -0.2) is 0 Å². The summed E-state index contributed by atoms with van der Waals surface area (Å²) < 4.78 is 6.36. The van der Waals surface area contributed by atoms with E-state index in [1.165, 1.54) is 65.3 Å². The number of hydrogen-bond acceptors (Lipinski definition) is 2. The Hall–Kier alpha value is -8.20. The average molecular weight is 790 g/mol. The molecular formula is C60H39NO. The third kappa shape index (κ3) is 6.12. The number of rotatable bonds is 7. The monoisotopic (exact) mass is 789 g/mol. The molecule has 62 heavy (non-hydrogen) atoms. The topological polar surface area (TPSA) is 16.4 Å². The normalized spacial score (nSPS) is 11.5. The van der Waals surface area contributed by atoms with Gasteiger partial charge in [0.05, 0.1) is 0 Å². The van der Waals surface area contributed by atoms with Crippen LogP contribution in [0.25, 0.3) is 98.8 Å². The first-order chi connectivity index (χ1) is 30.7. The van der Waals surface area contributed by atoms with Crippen LogP contribution in [0, 0.1) is 0 Å². The first-order valence-corrected chi connectivity index (χ1v) is 21.2. The summed E-state index contributed by atoms with van der Waals surface area (Å²) in [4.78, 5) is 2.36. The van der Waals surface area contributed by atoms with Crippen molar-refractivity contribution in [1.82, 2.24) is 0 Å². The number of para-hydroxylation sites is 1. The van der Waals surface area contributed by atoms with Gasteiger partial charge in [-0.2, -0.15) is 0 Å². The summed E-state index contributed by atoms with van der Waals surface area (Å²) in [6.07, 6.45) is 0. The van der Waals surface area contributed by atoms with E-state index in [9.17, 15) is 0 Å². The summed E-state index contributed by atoms with van der Waals surface area (Å²) in [6, 6.07) is 85.4. The molecule has 0 aliphatic carbocycles. The van der Waals surface area contributed by atoms with Gasteiger partial charge in [-0.05, 0) is 137 Å². The zero-order valence-corrected chi connectivity index (χ0v) is 33.9. The van der Waals surface area contributed by atoms with E-state index in [0.29, 0.717) is 0 Å². The van der Waals surface area contributed by atoms with E-state index in [1.54, 1.807) is 0 Å². The summed E-state index contributed by atoms with van der Waals surface area (Å²) in [7, 11) is 0. The maximum absolute atomic E-state index is 6.36. The highest BCUT2D eigenvalue weighted by Gasteiger charge is 2.17. The average Bonchev–Trinajstić information content (AvgIpc) is 3.79. The molecule has 0 radical (unpaired) electrons. The number of anilines is 3. The summed E-state index contributed by atoms with van der Waals surface area (Å²) >= 11 is 0. The predicted octanol–water partition coefficient (Wildman–Crippen LogP) is 17.2. The summed E-state index contributed by atoms with van der Waals surface area (Å²) in [5, 5.41) is 11.2. The van der Waals surface area contributed by atoms with Crippen molar-refractivity contribution in [2.24, 2.45) is 0 Å². The van der Waals surface area contributed by atoms with Gasteiger partial charge in [0.2, 0.25) is 0 Å². The van der Waals surface area contributed by atoms with Crippen LogP contribution < -0.4 is 4.90 Å². The molecule has 1 aromatic heterocycles. The van der Waals surface area contributed by atoms with Gasteiger partial charge in [0.15, 0.2) is 0 Å². The Morgan fingerprint density at radius 1 is 0.258 bits per heavy atom. The Balaban J connectivity index is 0.963. The Labute approximate surface area is 360 Å². The molecular weight excluding hydrogens is 751 g/mol. The fourth-order valence-electron chi connectivity index (χ4n) is 9.47. The lowest BCUT2D eigenvalue weighted by Gasteiger charge is -2.26. The van der Waals surface area contributed by atoms with Gasteiger partial charge in [-0.3, -0.25) is 0 Å². The van der Waals surface area contributed by atoms with Gasteiger partial charge in [0.25, 0.3) is 0 Å². The van der Waals surface area contributed by atoms with Crippen LogP contribution in [0.5, 0.6) is 0 Å². The number of fused-ring (bicyclic) bond motifs is 7. The number of nitrogens with zero attached hydrogens (tertiary/aromatic N) is 1. The van der Waals surface area contributed by atoms with Crippen LogP contribution in [0.3, 0.4) is 0 Å². The number of hydrogen-bond donors (Lipinski definition) is 0. The molecule has 290 valence electrons. The smallest absolute Gasteiger partial charge is 0.136 e. The maximum Gasteiger partial charge on any atom is 0.136 e. The summed E-state index contributed by atoms with van der Waals surface area (Å²) in [5.41, 5.74) is 12.3. The molecule has 0 spiro atoms. The van der Waals surface area contributed by atoms with Crippen LogP contribution in [0.1, 0.15) is 0 Å². The van der Waals surface area contributed by atoms with Crippen molar-refractivity contribution in [1.29, 1.82) is 0 Å². The number of benzene rings is 11. The third-order valence-electron chi connectivity index (χ3n) is 12.5. The minimum atomic E-state index is 0.867. The highest BCUT2D eigenvalue weighted by atomic mass is 16.3. The molecule has 11 aromatic carbocycles. The second kappa shape index (κ2) is 14.8. The van der Waals surface area contributed by atoms with E-state index in [-0.39, 0.29) is 0 Å². The molecule has 0 saturated carbocycles. The highest BCUT2D eigenvalue weighted by molar-refractivity contribution is 6.15. The van der Waals surface area contributed by atoms with Crippen LogP contribution in [-0.4, -0.2) is 0 Å². The lowest BCUT2D eigenvalue weighted by atomic mass is 9.93. The van der Waals surface area contributed by atoms with Gasteiger partial charge < -0.3 is 9.32 Å². The molecule has 0 atom stereocenters. The molecule has 12 rings (SSSR count). The highest BCUT2D eigenvalue weighted by Crippen LogP contribution is 2.42. The fraction of sp³-hybridized carbons (Fsp3) is 0. The van der Waals surface area contributed by atoms with Gasteiger partial charge >= 0.3 is 0 Å². The molecule has 0 fully saturated rings. The quantitative estimate of drug-likeness (QED) is 0.150. The molecule has 0 unspecified atom stereocenters. The minimum absolute atomic E-state index is 0.867. The number of furan rings is 1. The molecule has 0 amide bonds. The van der Waals surface area contributed by atoms with E-state index < -0.39 is 0 Å². The first-order valence-electron chi connectivity index (χ1n) is 21.2. The Morgan fingerprint density at radius 3 is 1.11 bits per heavy atom. The minimum Gasteiger partial charge on any atom is -0.456 e. The third-order valence-corrected chi connectivity index (χ3v) is 12.5. The predicted molar refractivity (Wildman–Crippen MR) is 263 cm³/mol. The lowest BCUT2D eigenvalue weighted by Crippen LogP contribution is -2.09. The van der Waals surface area contributed by atoms with Crippen LogP contribution in [0.2, 0.25) is 0 Å². The zero-order valence-electron chi connectivity index (χ0n) is 33.9. The van der Waals surface area contributed by atoms with Crippen molar-refractivity contribution in [2.75, 3.05) is 4.90 Å². The van der Waals surface area contributed by atoms with Gasteiger partial charge in [-0.15, -0.1) is 0 Å². The van der Waals surface area contributed by atoms with E-state index in [4.69, 9.17) is 4.42 Å². The molecule has 0 aliphatic rings. The molecule has 0 aliphatic heterocycles. The standard InChI is InChI=1S/C60H39NO/c1-4-17-50-43(13-1)37-57(54-21-9-7-19-52(50)54)41-27-33-47(34-28-41)61(48-35-29-42(30-36-48)58-38-44-14-2-5-18-51(44)53-20-8-10-22-55(53)58)46-31-25-40(26-32-46)49-16-6-11-23-56(49)60-39-45-15-3-12-24-59(45)62-60/h1-39H. The molecule has 2 nitrogen and oxygen atoms in total. The molecule has 0 N–H and O–H groups in total. The van der Waals surface area contributed by atoms with Crippen molar-refractivity contribution >= 4 is 71.1 Å². The molecule has 0 saturated heterocycles. The van der Waals surface area contributed by atoms with E-state index >= 15 is 0 Å². The fourth-order valence-corrected chi connectivity index (χ4v) is 9.47. The van der Waals surface area contributed by atoms with Crippen LogP contribution in [0.15, 0.2) is 241 Å². The maximum atomic E-state index is 6.36. The van der Waals surface area contributed by atoms with Gasteiger partial charge in [-0.1, -0.05) is 176 Å². The van der Waals surface area contributed by atoms with E-state index in [2.05, 4.69) is 229 Å². The largest absolute Gasteiger partial charge is 0.456 e. The van der Waals surface area contributed by atoms with Crippen molar-refractivity contribution in [3.8, 4) is 44.7 Å². The summed E-state index contributed by atoms with van der Waals surface area (Å²) in [6.45, 7) is 0. The molecule has 0 bridgehead atoms. The Morgan fingerprint density at radius 2 is 0.629 bits per heavy atom. The van der Waals surface area contributed by atoms with Crippen LogP contribution in [-0.2, 0) is 0 Å². The van der Waals surface area contributed by atoms with E-state index in [0.717, 1.165) is 50.5 Å². The van der Waals surface area contributed by atoms with Crippen LogP contribution >= 0.6 is 0 Å². The van der Waals surface area contributed by atoms with E-state index in [1.807, 2.05) is 12.1 Å². The van der Waals surface area contributed by atoms with Crippen molar-refractivity contribution in [2.45, 2.75) is 0 Å². The first kappa shape index (κ1) is 35.7. The second-order valence-corrected chi connectivity index (χ2v) is 16.1. The van der Waals surface area contributed by atoms with Crippen LogP contribution in [0.4, 0.5) is 17.1 Å². The zero-order chi connectivity index (χ0) is 41.0. The van der Waals surface area contributed by atoms with Gasteiger partial charge in [0, 0.05) is 28.0 Å².